The van der Waals surface area contributed by atoms with Gasteiger partial charge < -0.3 is 15.6 Å². The van der Waals surface area contributed by atoms with E-state index in [1.54, 1.807) is 18.2 Å². The summed E-state index contributed by atoms with van der Waals surface area (Å²) in [5.74, 6) is -0.649. The lowest BCUT2D eigenvalue weighted by Crippen LogP contribution is -2.30. The molecule has 0 fully saturated rings. The van der Waals surface area contributed by atoms with Gasteiger partial charge >= 0.3 is 0 Å². The second-order valence-corrected chi connectivity index (χ2v) is 8.30. The van der Waals surface area contributed by atoms with Crippen LogP contribution in [0.5, 0.6) is 0 Å². The maximum absolute atomic E-state index is 12.7. The number of pyridine rings is 1. The monoisotopic (exact) mass is 503 g/mol. The Kier molecular flexibility index (Phi) is 7.00. The van der Waals surface area contributed by atoms with Crippen molar-refractivity contribution in [3.05, 3.63) is 100 Å². The predicted octanol–water partition coefficient (Wildman–Crippen LogP) is 4.50. The highest BCUT2D eigenvalue weighted by atomic mass is 79.9. The number of anilines is 1. The number of halogens is 1. The van der Waals surface area contributed by atoms with E-state index in [0.29, 0.717) is 28.5 Å². The molecule has 0 aliphatic heterocycles. The Morgan fingerprint density at radius 1 is 0.879 bits per heavy atom. The highest BCUT2D eigenvalue weighted by molar-refractivity contribution is 9.09. The maximum Gasteiger partial charge on any atom is 0.261 e. The van der Waals surface area contributed by atoms with Gasteiger partial charge in [0.1, 0.15) is 5.56 Å². The number of benzene rings is 3. The lowest BCUT2D eigenvalue weighted by Gasteiger charge is -2.11. The first-order chi connectivity index (χ1) is 16.0. The molecular weight excluding hydrogens is 482 g/mol. The summed E-state index contributed by atoms with van der Waals surface area (Å²) < 4.78 is 0. The van der Waals surface area contributed by atoms with Crippen molar-refractivity contribution < 1.29 is 9.59 Å². The summed E-state index contributed by atoms with van der Waals surface area (Å²) in [6.07, 6.45) is 0.202. The van der Waals surface area contributed by atoms with Crippen LogP contribution in [0, 0.1) is 0 Å². The Morgan fingerprint density at radius 3 is 2.33 bits per heavy atom. The fourth-order valence-electron chi connectivity index (χ4n) is 3.59. The van der Waals surface area contributed by atoms with Crippen molar-refractivity contribution in [1.82, 2.24) is 10.3 Å². The molecule has 166 valence electrons. The molecule has 4 aromatic rings. The molecule has 1 aromatic heterocycles. The van der Waals surface area contributed by atoms with Gasteiger partial charge in [-0.3, -0.25) is 14.4 Å². The van der Waals surface area contributed by atoms with Crippen LogP contribution in [-0.4, -0.2) is 28.7 Å². The van der Waals surface area contributed by atoms with Gasteiger partial charge in [-0.1, -0.05) is 76.6 Å². The molecule has 0 saturated heterocycles. The fourth-order valence-corrected chi connectivity index (χ4v) is 3.79. The van der Waals surface area contributed by atoms with Gasteiger partial charge in [-0.15, -0.1) is 0 Å². The fraction of sp³-hybridized carbons (Fsp3) is 0.115. The van der Waals surface area contributed by atoms with Gasteiger partial charge in [-0.2, -0.15) is 0 Å². The van der Waals surface area contributed by atoms with Crippen LogP contribution < -0.4 is 16.2 Å². The Labute approximate surface area is 199 Å². The molecule has 33 heavy (non-hydrogen) atoms. The predicted molar refractivity (Wildman–Crippen MR) is 135 cm³/mol. The van der Waals surface area contributed by atoms with Crippen LogP contribution in [0.2, 0.25) is 0 Å². The van der Waals surface area contributed by atoms with Crippen molar-refractivity contribution in [2.75, 3.05) is 17.2 Å². The van der Waals surface area contributed by atoms with E-state index in [-0.39, 0.29) is 17.9 Å². The molecule has 3 N–H and O–H groups in total. The summed E-state index contributed by atoms with van der Waals surface area (Å²) >= 11 is 3.24. The second-order valence-electron chi connectivity index (χ2n) is 7.51. The van der Waals surface area contributed by atoms with Crippen molar-refractivity contribution in [3.63, 3.8) is 0 Å². The van der Waals surface area contributed by atoms with Crippen LogP contribution in [0.3, 0.4) is 0 Å². The van der Waals surface area contributed by atoms with Crippen molar-refractivity contribution in [3.8, 4) is 11.1 Å². The van der Waals surface area contributed by atoms with E-state index >= 15 is 0 Å². The smallest absolute Gasteiger partial charge is 0.261 e. The molecule has 4 rings (SSSR count). The van der Waals surface area contributed by atoms with Gasteiger partial charge in [0.2, 0.25) is 5.91 Å². The number of carbonyl (C=O) groups excluding carboxylic acids is 2. The number of fused-ring (bicyclic) bond motifs is 1. The minimum Gasteiger partial charge on any atom is -0.351 e. The standard InChI is InChI=1S/C26H22BrN3O3/c27-13-14-28-25(32)21-16-20-22(7-4-8-23(20)30-26(21)33)29-24(31)15-17-9-11-19(12-10-17)18-5-2-1-3-6-18/h1-12,16H,13-15H2,(H,28,32)(H,29,31)(H,30,33). The van der Waals surface area contributed by atoms with Crippen LogP contribution in [0.4, 0.5) is 5.69 Å². The summed E-state index contributed by atoms with van der Waals surface area (Å²) in [6, 6.07) is 24.7. The molecule has 7 heteroatoms. The van der Waals surface area contributed by atoms with Crippen LogP contribution in [-0.2, 0) is 11.2 Å². The van der Waals surface area contributed by atoms with Crippen molar-refractivity contribution in [2.45, 2.75) is 6.42 Å². The molecule has 0 aliphatic carbocycles. The quantitative estimate of drug-likeness (QED) is 0.324. The van der Waals surface area contributed by atoms with Crippen LogP contribution in [0.15, 0.2) is 83.7 Å². The Bertz CT molecular complexity index is 1350. The number of amides is 2. The van der Waals surface area contributed by atoms with Crippen LogP contribution >= 0.6 is 15.9 Å². The first kappa shape index (κ1) is 22.5. The summed E-state index contributed by atoms with van der Waals surface area (Å²) in [6.45, 7) is 0.401. The largest absolute Gasteiger partial charge is 0.351 e. The minimum atomic E-state index is -0.475. The normalized spacial score (nSPS) is 10.7. The molecule has 0 unspecified atom stereocenters. The lowest BCUT2D eigenvalue weighted by atomic mass is 10.0. The SMILES string of the molecule is O=C(Cc1ccc(-c2ccccc2)cc1)Nc1cccc2[nH]c(=O)c(C(=O)NCCBr)cc12. The first-order valence-corrected chi connectivity index (χ1v) is 11.6. The molecule has 6 nitrogen and oxygen atoms in total. The van der Waals surface area contributed by atoms with Gasteiger partial charge in [-0.25, -0.2) is 0 Å². The molecule has 0 radical (unpaired) electrons. The van der Waals surface area contributed by atoms with Crippen LogP contribution in [0.25, 0.3) is 22.0 Å². The molecule has 0 bridgehead atoms. The number of hydrogen-bond donors (Lipinski definition) is 3. The zero-order chi connectivity index (χ0) is 23.2. The van der Waals surface area contributed by atoms with Crippen molar-refractivity contribution in [1.29, 1.82) is 0 Å². The number of carbonyl (C=O) groups is 2. The minimum absolute atomic E-state index is 0.00153. The molecule has 3 aromatic carbocycles. The van der Waals surface area contributed by atoms with Gasteiger partial charge in [0.25, 0.3) is 11.5 Å². The van der Waals surface area contributed by atoms with Crippen LogP contribution in [0.1, 0.15) is 15.9 Å². The van der Waals surface area contributed by atoms with Gasteiger partial charge in [-0.05, 0) is 34.9 Å². The van der Waals surface area contributed by atoms with Crippen molar-refractivity contribution >= 4 is 44.3 Å². The Balaban J connectivity index is 1.52. The number of aromatic nitrogens is 1. The Morgan fingerprint density at radius 2 is 1.61 bits per heavy atom. The zero-order valence-corrected chi connectivity index (χ0v) is 19.3. The number of hydrogen-bond acceptors (Lipinski definition) is 3. The number of H-pyrrole nitrogens is 1. The zero-order valence-electron chi connectivity index (χ0n) is 17.7. The highest BCUT2D eigenvalue weighted by Crippen LogP contribution is 2.23. The molecule has 0 aliphatic rings. The first-order valence-electron chi connectivity index (χ1n) is 10.5. The van der Waals surface area contributed by atoms with E-state index in [2.05, 4.69) is 31.5 Å². The number of nitrogens with one attached hydrogen (secondary N) is 3. The van der Waals surface area contributed by atoms with E-state index in [0.717, 1.165) is 16.7 Å². The summed E-state index contributed by atoms with van der Waals surface area (Å²) in [4.78, 5) is 40.1. The number of rotatable bonds is 7. The van der Waals surface area contributed by atoms with E-state index in [4.69, 9.17) is 0 Å². The van der Waals surface area contributed by atoms with Crippen molar-refractivity contribution in [2.24, 2.45) is 0 Å². The maximum atomic E-state index is 12.7. The molecule has 2 amide bonds. The lowest BCUT2D eigenvalue weighted by molar-refractivity contribution is -0.115. The number of aromatic amines is 1. The third-order valence-electron chi connectivity index (χ3n) is 5.21. The summed E-state index contributed by atoms with van der Waals surface area (Å²) in [7, 11) is 0. The van der Waals surface area contributed by atoms with E-state index in [1.165, 1.54) is 6.07 Å². The summed E-state index contributed by atoms with van der Waals surface area (Å²) in [5.41, 5.74) is 3.69. The van der Waals surface area contributed by atoms with Gasteiger partial charge in [0.15, 0.2) is 0 Å². The van der Waals surface area contributed by atoms with E-state index in [1.807, 2.05) is 54.6 Å². The number of alkyl halides is 1. The van der Waals surface area contributed by atoms with E-state index < -0.39 is 11.5 Å². The van der Waals surface area contributed by atoms with Gasteiger partial charge in [0, 0.05) is 17.3 Å². The topological polar surface area (TPSA) is 91.1 Å². The van der Waals surface area contributed by atoms with E-state index in [9.17, 15) is 14.4 Å². The average Bonchev–Trinajstić information content (AvgIpc) is 2.83. The molecule has 0 atom stereocenters. The summed E-state index contributed by atoms with van der Waals surface area (Å²) in [5, 5.41) is 6.75. The molecule has 1 heterocycles. The average molecular weight is 504 g/mol. The molecule has 0 saturated carbocycles. The third-order valence-corrected chi connectivity index (χ3v) is 5.61. The third kappa shape index (κ3) is 5.38. The highest BCUT2D eigenvalue weighted by Gasteiger charge is 2.14. The molecular formula is C26H22BrN3O3. The molecule has 0 spiro atoms. The Hall–Kier alpha value is -3.71. The van der Waals surface area contributed by atoms with Gasteiger partial charge in [0.05, 0.1) is 17.6 Å². The second kappa shape index (κ2) is 10.3.